The van der Waals surface area contributed by atoms with E-state index in [0.717, 1.165) is 31.2 Å². The number of aliphatic imine (C=N–C) groups is 1. The van der Waals surface area contributed by atoms with Gasteiger partial charge in [0, 0.05) is 32.2 Å². The second-order valence-corrected chi connectivity index (χ2v) is 6.30. The summed E-state index contributed by atoms with van der Waals surface area (Å²) in [7, 11) is 1.64. The van der Waals surface area contributed by atoms with Gasteiger partial charge in [0.25, 0.3) is 5.91 Å². The van der Waals surface area contributed by atoms with Crippen LogP contribution in [0.1, 0.15) is 42.1 Å². The molecule has 25 heavy (non-hydrogen) atoms. The Hall–Kier alpha value is -2.08. The molecule has 0 aromatic heterocycles. The first kappa shape index (κ1) is 19.2. The van der Waals surface area contributed by atoms with Crippen LogP contribution < -0.4 is 16.0 Å². The van der Waals surface area contributed by atoms with Crippen molar-refractivity contribution in [2.24, 2.45) is 4.99 Å². The number of carbonyl (C=O) groups is 1. The predicted molar refractivity (Wildman–Crippen MR) is 103 cm³/mol. The molecule has 1 aromatic rings. The average molecular weight is 345 g/mol. The summed E-state index contributed by atoms with van der Waals surface area (Å²) < 4.78 is 0. The summed E-state index contributed by atoms with van der Waals surface area (Å²) in [5, 5.41) is 9.33. The number of piperidine rings is 1. The Morgan fingerprint density at radius 1 is 1.20 bits per heavy atom. The molecule has 1 fully saturated rings. The Bertz CT molecular complexity index is 567. The van der Waals surface area contributed by atoms with E-state index in [-0.39, 0.29) is 5.91 Å². The second kappa shape index (κ2) is 10.7. The van der Waals surface area contributed by atoms with Crippen molar-refractivity contribution >= 4 is 11.9 Å². The van der Waals surface area contributed by atoms with Gasteiger partial charge >= 0.3 is 0 Å². The summed E-state index contributed by atoms with van der Waals surface area (Å²) in [4.78, 5) is 18.9. The summed E-state index contributed by atoms with van der Waals surface area (Å²) in [6, 6.07) is 7.59. The topological polar surface area (TPSA) is 68.8 Å². The molecule has 1 aromatic carbocycles. The fourth-order valence-corrected chi connectivity index (χ4v) is 2.98. The van der Waals surface area contributed by atoms with Crippen molar-refractivity contribution in [2.75, 3.05) is 39.8 Å². The zero-order valence-corrected chi connectivity index (χ0v) is 15.5. The van der Waals surface area contributed by atoms with E-state index in [1.54, 1.807) is 7.05 Å². The molecule has 6 heteroatoms. The van der Waals surface area contributed by atoms with Crippen molar-refractivity contribution < 1.29 is 4.79 Å². The monoisotopic (exact) mass is 345 g/mol. The lowest BCUT2D eigenvalue weighted by Gasteiger charge is -2.26. The Kier molecular flexibility index (Phi) is 8.25. The molecule has 0 radical (unpaired) electrons. The molecule has 0 bridgehead atoms. The van der Waals surface area contributed by atoms with Gasteiger partial charge in [0.15, 0.2) is 5.96 Å². The number of benzene rings is 1. The number of nitrogens with zero attached hydrogens (tertiary/aromatic N) is 2. The average Bonchev–Trinajstić information content (AvgIpc) is 2.66. The number of likely N-dealkylation sites (tertiary alicyclic amines) is 1. The lowest BCUT2D eigenvalue weighted by molar-refractivity contribution is 0.0963. The van der Waals surface area contributed by atoms with Gasteiger partial charge < -0.3 is 20.9 Å². The van der Waals surface area contributed by atoms with Crippen molar-refractivity contribution in [1.29, 1.82) is 0 Å². The Balaban J connectivity index is 1.86. The Morgan fingerprint density at radius 2 is 2.00 bits per heavy atom. The van der Waals surface area contributed by atoms with E-state index in [1.165, 1.54) is 32.4 Å². The van der Waals surface area contributed by atoms with Crippen molar-refractivity contribution in [3.8, 4) is 0 Å². The smallest absolute Gasteiger partial charge is 0.251 e. The first-order valence-electron chi connectivity index (χ1n) is 9.28. The highest BCUT2D eigenvalue weighted by Gasteiger charge is 2.09. The van der Waals surface area contributed by atoms with E-state index in [0.29, 0.717) is 12.1 Å². The molecule has 0 atom stereocenters. The summed E-state index contributed by atoms with van der Waals surface area (Å²) >= 11 is 0. The van der Waals surface area contributed by atoms with Crippen LogP contribution in [0.2, 0.25) is 0 Å². The van der Waals surface area contributed by atoms with Gasteiger partial charge in [-0.3, -0.25) is 4.79 Å². The third-order valence-electron chi connectivity index (χ3n) is 4.35. The largest absolute Gasteiger partial charge is 0.357 e. The number of hydrogen-bond donors (Lipinski definition) is 3. The van der Waals surface area contributed by atoms with Crippen LogP contribution in [0.15, 0.2) is 29.3 Å². The molecule has 6 nitrogen and oxygen atoms in total. The van der Waals surface area contributed by atoms with Gasteiger partial charge in [-0.05, 0) is 50.6 Å². The Labute approximate surface area is 151 Å². The number of carbonyl (C=O) groups excluding carboxylic acids is 1. The highest BCUT2D eigenvalue weighted by molar-refractivity contribution is 5.94. The van der Waals surface area contributed by atoms with Gasteiger partial charge in [-0.1, -0.05) is 18.6 Å². The molecule has 138 valence electrons. The van der Waals surface area contributed by atoms with E-state index in [1.807, 2.05) is 24.3 Å². The fraction of sp³-hybridized carbons (Fsp3) is 0.579. The van der Waals surface area contributed by atoms with Crippen molar-refractivity contribution in [3.63, 3.8) is 0 Å². The quantitative estimate of drug-likeness (QED) is 0.518. The number of amides is 1. The standard InChI is InChI=1S/C19H31N5O/c1-3-21-19(22-10-13-24-11-5-4-6-12-24)23-15-16-8-7-9-17(14-16)18(25)20-2/h7-9,14H,3-6,10-13,15H2,1-2H3,(H,20,25)(H2,21,22,23). The molecule has 1 amide bonds. The molecule has 3 N–H and O–H groups in total. The number of guanidine groups is 1. The summed E-state index contributed by atoms with van der Waals surface area (Å²) in [6.45, 7) is 7.80. The molecular weight excluding hydrogens is 314 g/mol. The minimum Gasteiger partial charge on any atom is -0.357 e. The van der Waals surface area contributed by atoms with E-state index in [4.69, 9.17) is 0 Å². The van der Waals surface area contributed by atoms with Gasteiger partial charge in [-0.2, -0.15) is 0 Å². The van der Waals surface area contributed by atoms with Gasteiger partial charge in [0.1, 0.15) is 0 Å². The molecule has 1 aliphatic rings. The number of hydrogen-bond acceptors (Lipinski definition) is 3. The van der Waals surface area contributed by atoms with Crippen LogP contribution in [0, 0.1) is 0 Å². The van der Waals surface area contributed by atoms with Crippen LogP contribution in [-0.4, -0.2) is 56.5 Å². The lowest BCUT2D eigenvalue weighted by Crippen LogP contribution is -2.42. The van der Waals surface area contributed by atoms with Crippen LogP contribution in [-0.2, 0) is 6.54 Å². The first-order chi connectivity index (χ1) is 12.2. The fourth-order valence-electron chi connectivity index (χ4n) is 2.98. The maximum Gasteiger partial charge on any atom is 0.251 e. The molecule has 1 aliphatic heterocycles. The van der Waals surface area contributed by atoms with E-state index in [2.05, 4.69) is 32.8 Å². The van der Waals surface area contributed by atoms with Crippen molar-refractivity contribution in [3.05, 3.63) is 35.4 Å². The maximum absolute atomic E-state index is 11.7. The second-order valence-electron chi connectivity index (χ2n) is 6.30. The first-order valence-corrected chi connectivity index (χ1v) is 9.28. The molecule has 0 saturated carbocycles. The third kappa shape index (κ3) is 6.74. The normalized spacial score (nSPS) is 15.7. The molecule has 2 rings (SSSR count). The van der Waals surface area contributed by atoms with Crippen LogP contribution >= 0.6 is 0 Å². The highest BCUT2D eigenvalue weighted by Crippen LogP contribution is 2.08. The molecular formula is C19H31N5O. The predicted octanol–water partition coefficient (Wildman–Crippen LogP) is 1.59. The minimum atomic E-state index is -0.0719. The van der Waals surface area contributed by atoms with Crippen LogP contribution in [0.25, 0.3) is 0 Å². The van der Waals surface area contributed by atoms with E-state index < -0.39 is 0 Å². The zero-order chi connectivity index (χ0) is 17.9. The summed E-state index contributed by atoms with van der Waals surface area (Å²) in [6.07, 6.45) is 3.99. The number of rotatable bonds is 7. The van der Waals surface area contributed by atoms with Crippen LogP contribution in [0.4, 0.5) is 0 Å². The van der Waals surface area contributed by atoms with Crippen LogP contribution in [0.3, 0.4) is 0 Å². The van der Waals surface area contributed by atoms with Gasteiger partial charge in [0.2, 0.25) is 0 Å². The lowest BCUT2D eigenvalue weighted by atomic mass is 10.1. The molecule has 0 spiro atoms. The Morgan fingerprint density at radius 3 is 2.72 bits per heavy atom. The van der Waals surface area contributed by atoms with Gasteiger partial charge in [0.05, 0.1) is 6.54 Å². The SMILES string of the molecule is CCNC(=NCc1cccc(C(=O)NC)c1)NCCN1CCCCC1. The van der Waals surface area contributed by atoms with Gasteiger partial charge in [-0.25, -0.2) is 4.99 Å². The van der Waals surface area contributed by atoms with Crippen molar-refractivity contribution in [2.45, 2.75) is 32.7 Å². The van der Waals surface area contributed by atoms with Gasteiger partial charge in [-0.15, -0.1) is 0 Å². The molecule has 1 saturated heterocycles. The van der Waals surface area contributed by atoms with E-state index in [9.17, 15) is 4.79 Å². The number of nitrogens with one attached hydrogen (secondary N) is 3. The summed E-state index contributed by atoms with van der Waals surface area (Å²) in [5.74, 6) is 0.752. The molecule has 1 heterocycles. The van der Waals surface area contributed by atoms with Crippen LogP contribution in [0.5, 0.6) is 0 Å². The molecule has 0 aliphatic carbocycles. The molecule has 0 unspecified atom stereocenters. The minimum absolute atomic E-state index is 0.0719. The highest BCUT2D eigenvalue weighted by atomic mass is 16.1. The maximum atomic E-state index is 11.7. The van der Waals surface area contributed by atoms with Crippen molar-refractivity contribution in [1.82, 2.24) is 20.9 Å². The zero-order valence-electron chi connectivity index (χ0n) is 15.5. The third-order valence-corrected chi connectivity index (χ3v) is 4.35. The summed E-state index contributed by atoms with van der Waals surface area (Å²) in [5.41, 5.74) is 1.69. The van der Waals surface area contributed by atoms with E-state index >= 15 is 0 Å².